The van der Waals surface area contributed by atoms with Crippen LogP contribution in [0, 0.1) is 12.8 Å². The molecule has 1 N–H and O–H groups in total. The third kappa shape index (κ3) is 3.63. The van der Waals surface area contributed by atoms with Gasteiger partial charge in [-0.1, -0.05) is 0 Å². The predicted molar refractivity (Wildman–Crippen MR) is 91.3 cm³/mol. The molecule has 1 amide bonds. The average Bonchev–Trinajstić information content (AvgIpc) is 3.19. The van der Waals surface area contributed by atoms with E-state index in [9.17, 15) is 13.2 Å². The average molecular weight is 372 g/mol. The molecule has 1 fully saturated rings. The third-order valence-electron chi connectivity index (χ3n) is 3.73. The summed E-state index contributed by atoms with van der Waals surface area (Å²) in [6, 6.07) is 3.43. The molecule has 0 radical (unpaired) electrons. The number of carbonyl (C=O) groups is 1. The molecule has 124 valence electrons. The second-order valence-corrected chi connectivity index (χ2v) is 9.74. The van der Waals surface area contributed by atoms with Gasteiger partial charge in [-0.15, -0.1) is 22.7 Å². The lowest BCUT2D eigenvalue weighted by Crippen LogP contribution is -2.43. The molecule has 0 aliphatic carbocycles. The minimum atomic E-state index is -3.51. The lowest BCUT2D eigenvalue weighted by atomic mass is 9.99. The number of nitrogens with zero attached hydrogens (tertiary/aromatic N) is 2. The molecule has 23 heavy (non-hydrogen) atoms. The normalized spacial score (nSPS) is 19.6. The number of aryl methyl sites for hydroxylation is 1. The number of carbonyl (C=O) groups excluding carboxylic acids is 1. The zero-order valence-corrected chi connectivity index (χ0v) is 15.0. The van der Waals surface area contributed by atoms with Crippen molar-refractivity contribution >= 4 is 43.7 Å². The van der Waals surface area contributed by atoms with Gasteiger partial charge in [0.1, 0.15) is 4.21 Å². The van der Waals surface area contributed by atoms with Gasteiger partial charge in [0, 0.05) is 29.5 Å². The molecular formula is C14H17N3O3S3. The standard InChI is InChI=1S/C14H17N3O3S3/c1-10-4-5-12(22-10)23(19,20)17-7-2-3-11(9-17)13(18)16-14-15-6-8-21-14/h4-6,8,11H,2-3,7,9H2,1H3,(H,15,16,18). The Morgan fingerprint density at radius 1 is 1.43 bits per heavy atom. The fourth-order valence-electron chi connectivity index (χ4n) is 2.55. The van der Waals surface area contributed by atoms with E-state index in [1.807, 2.05) is 6.92 Å². The number of aromatic nitrogens is 1. The highest BCUT2D eigenvalue weighted by Gasteiger charge is 2.34. The third-order valence-corrected chi connectivity index (χ3v) is 7.75. The number of nitrogens with one attached hydrogen (secondary N) is 1. The number of hydrogen-bond donors (Lipinski definition) is 1. The molecule has 0 saturated carbocycles. The Labute approximate surface area is 143 Å². The van der Waals surface area contributed by atoms with Gasteiger partial charge in [-0.2, -0.15) is 4.31 Å². The van der Waals surface area contributed by atoms with Crippen LogP contribution in [0.2, 0.25) is 0 Å². The van der Waals surface area contributed by atoms with E-state index in [-0.39, 0.29) is 18.4 Å². The SMILES string of the molecule is Cc1ccc(S(=O)(=O)N2CCCC(C(=O)Nc3nccs3)C2)s1. The van der Waals surface area contributed by atoms with Gasteiger partial charge in [-0.3, -0.25) is 4.79 Å². The number of thiophene rings is 1. The van der Waals surface area contributed by atoms with Gasteiger partial charge in [0.05, 0.1) is 5.92 Å². The molecule has 1 unspecified atom stereocenters. The van der Waals surface area contributed by atoms with E-state index in [2.05, 4.69) is 10.3 Å². The van der Waals surface area contributed by atoms with Crippen LogP contribution in [0.4, 0.5) is 5.13 Å². The molecule has 0 bridgehead atoms. The van der Waals surface area contributed by atoms with E-state index in [0.29, 0.717) is 28.7 Å². The van der Waals surface area contributed by atoms with Crippen LogP contribution in [0.25, 0.3) is 0 Å². The summed E-state index contributed by atoms with van der Waals surface area (Å²) in [5.74, 6) is -0.509. The maximum absolute atomic E-state index is 12.7. The molecule has 2 aromatic heterocycles. The molecule has 1 aliphatic rings. The first-order valence-corrected chi connectivity index (χ1v) is 10.4. The predicted octanol–water partition coefficient (Wildman–Crippen LogP) is 2.55. The largest absolute Gasteiger partial charge is 0.302 e. The molecule has 1 atom stereocenters. The summed E-state index contributed by atoms with van der Waals surface area (Å²) in [5, 5.41) is 5.09. The van der Waals surface area contributed by atoms with Gasteiger partial charge in [0.25, 0.3) is 10.0 Å². The van der Waals surface area contributed by atoms with Gasteiger partial charge in [-0.25, -0.2) is 13.4 Å². The van der Waals surface area contributed by atoms with Crippen molar-refractivity contribution in [1.29, 1.82) is 0 Å². The lowest BCUT2D eigenvalue weighted by Gasteiger charge is -2.30. The van der Waals surface area contributed by atoms with E-state index < -0.39 is 10.0 Å². The number of sulfonamides is 1. The van der Waals surface area contributed by atoms with Gasteiger partial charge in [0.15, 0.2) is 5.13 Å². The zero-order valence-electron chi connectivity index (χ0n) is 12.6. The van der Waals surface area contributed by atoms with Crippen LogP contribution in [-0.2, 0) is 14.8 Å². The fraction of sp³-hybridized carbons (Fsp3) is 0.429. The molecular weight excluding hydrogens is 354 g/mol. The van der Waals surface area contributed by atoms with Crippen LogP contribution in [0.3, 0.4) is 0 Å². The second-order valence-electron chi connectivity index (χ2n) is 5.39. The maximum Gasteiger partial charge on any atom is 0.252 e. The van der Waals surface area contributed by atoms with Crippen molar-refractivity contribution < 1.29 is 13.2 Å². The Hall–Kier alpha value is -1.29. The number of hydrogen-bond acceptors (Lipinski definition) is 6. The molecule has 9 heteroatoms. The Balaban J connectivity index is 1.71. The van der Waals surface area contributed by atoms with Gasteiger partial charge in [-0.05, 0) is 31.9 Å². The van der Waals surface area contributed by atoms with Crippen molar-refractivity contribution in [1.82, 2.24) is 9.29 Å². The van der Waals surface area contributed by atoms with Crippen LogP contribution in [-0.4, -0.2) is 36.7 Å². The van der Waals surface area contributed by atoms with Gasteiger partial charge >= 0.3 is 0 Å². The summed E-state index contributed by atoms with van der Waals surface area (Å²) in [4.78, 5) is 17.3. The van der Waals surface area contributed by atoms with E-state index >= 15 is 0 Å². The highest BCUT2D eigenvalue weighted by molar-refractivity contribution is 7.91. The summed E-state index contributed by atoms with van der Waals surface area (Å²) in [7, 11) is -3.51. The number of amides is 1. The topological polar surface area (TPSA) is 79.4 Å². The zero-order chi connectivity index (χ0) is 16.4. The molecule has 3 rings (SSSR count). The van der Waals surface area contributed by atoms with E-state index in [1.54, 1.807) is 23.7 Å². The molecule has 1 saturated heterocycles. The molecule has 0 spiro atoms. The minimum Gasteiger partial charge on any atom is -0.302 e. The Morgan fingerprint density at radius 3 is 2.91 bits per heavy atom. The van der Waals surface area contributed by atoms with Crippen LogP contribution < -0.4 is 5.32 Å². The highest BCUT2D eigenvalue weighted by atomic mass is 32.2. The number of thiazole rings is 1. The van der Waals surface area contributed by atoms with Crippen molar-refractivity contribution in [2.45, 2.75) is 24.0 Å². The van der Waals surface area contributed by atoms with Crippen LogP contribution >= 0.6 is 22.7 Å². The van der Waals surface area contributed by atoms with Crippen molar-refractivity contribution in [2.75, 3.05) is 18.4 Å². The fourth-order valence-corrected chi connectivity index (χ4v) is 6.04. The Bertz CT molecular complexity index is 783. The summed E-state index contributed by atoms with van der Waals surface area (Å²) in [5.41, 5.74) is 0. The van der Waals surface area contributed by atoms with Crippen molar-refractivity contribution in [3.63, 3.8) is 0 Å². The number of anilines is 1. The second kappa shape index (κ2) is 6.68. The Morgan fingerprint density at radius 2 is 2.26 bits per heavy atom. The first-order chi connectivity index (χ1) is 11.0. The van der Waals surface area contributed by atoms with Crippen molar-refractivity contribution in [3.8, 4) is 0 Å². The monoisotopic (exact) mass is 371 g/mol. The molecule has 3 heterocycles. The molecule has 1 aliphatic heterocycles. The number of rotatable bonds is 4. The van der Waals surface area contributed by atoms with E-state index in [1.165, 1.54) is 27.0 Å². The summed E-state index contributed by atoms with van der Waals surface area (Å²) in [6.07, 6.45) is 2.99. The minimum absolute atomic E-state index is 0.165. The summed E-state index contributed by atoms with van der Waals surface area (Å²) in [6.45, 7) is 2.56. The van der Waals surface area contributed by atoms with E-state index in [4.69, 9.17) is 0 Å². The lowest BCUT2D eigenvalue weighted by molar-refractivity contribution is -0.120. The van der Waals surface area contributed by atoms with Crippen LogP contribution in [0.5, 0.6) is 0 Å². The summed E-state index contributed by atoms with van der Waals surface area (Å²) < 4.78 is 27.1. The van der Waals surface area contributed by atoms with Gasteiger partial charge in [0.2, 0.25) is 5.91 Å². The van der Waals surface area contributed by atoms with Crippen LogP contribution in [0.15, 0.2) is 27.9 Å². The van der Waals surface area contributed by atoms with Crippen molar-refractivity contribution in [2.24, 2.45) is 5.92 Å². The quantitative estimate of drug-likeness (QED) is 0.896. The first kappa shape index (κ1) is 16.6. The van der Waals surface area contributed by atoms with Crippen molar-refractivity contribution in [3.05, 3.63) is 28.6 Å². The Kier molecular flexibility index (Phi) is 4.81. The molecule has 6 nitrogen and oxygen atoms in total. The molecule has 2 aromatic rings. The van der Waals surface area contributed by atoms with E-state index in [0.717, 1.165) is 4.88 Å². The van der Waals surface area contributed by atoms with Crippen LogP contribution in [0.1, 0.15) is 17.7 Å². The first-order valence-electron chi connectivity index (χ1n) is 7.24. The highest BCUT2D eigenvalue weighted by Crippen LogP contribution is 2.28. The number of piperidine rings is 1. The smallest absolute Gasteiger partial charge is 0.252 e. The molecule has 0 aromatic carbocycles. The maximum atomic E-state index is 12.7. The van der Waals surface area contributed by atoms with Gasteiger partial charge < -0.3 is 5.32 Å². The summed E-state index contributed by atoms with van der Waals surface area (Å²) >= 11 is 2.61.